The van der Waals surface area contributed by atoms with E-state index in [1.165, 1.54) is 25.7 Å². The molecule has 66 valence electrons. The first-order chi connectivity index (χ1) is 5.14. The van der Waals surface area contributed by atoms with E-state index in [1.807, 2.05) is 6.92 Å². The van der Waals surface area contributed by atoms with Crippen LogP contribution < -0.4 is 0 Å². The maximum Gasteiger partial charge on any atom is 0.0622 e. The summed E-state index contributed by atoms with van der Waals surface area (Å²) in [5, 5.41) is 9.66. The Kier molecular flexibility index (Phi) is 2.94. The highest BCUT2D eigenvalue weighted by Crippen LogP contribution is 2.36. The van der Waals surface area contributed by atoms with Crippen LogP contribution in [0.2, 0.25) is 0 Å². The first kappa shape index (κ1) is 9.05. The Morgan fingerprint density at radius 3 is 2.73 bits per heavy atom. The maximum atomic E-state index is 9.66. The van der Waals surface area contributed by atoms with Gasteiger partial charge in [0.1, 0.15) is 0 Å². The van der Waals surface area contributed by atoms with Gasteiger partial charge < -0.3 is 5.11 Å². The van der Waals surface area contributed by atoms with Gasteiger partial charge in [-0.25, -0.2) is 0 Å². The van der Waals surface area contributed by atoms with Gasteiger partial charge in [-0.1, -0.05) is 26.2 Å². The Bertz CT molecular complexity index is 118. The third-order valence-electron chi connectivity index (χ3n) is 2.79. The summed E-state index contributed by atoms with van der Waals surface area (Å²) >= 11 is 0. The second-order valence-electron chi connectivity index (χ2n) is 4.25. The lowest BCUT2D eigenvalue weighted by molar-refractivity contribution is 0.0630. The molecule has 1 rings (SSSR count). The second-order valence-corrected chi connectivity index (χ2v) is 4.25. The van der Waals surface area contributed by atoms with Crippen LogP contribution in [0.25, 0.3) is 0 Å². The molecule has 0 amide bonds. The molecule has 1 fully saturated rings. The van der Waals surface area contributed by atoms with Gasteiger partial charge in [0.2, 0.25) is 0 Å². The zero-order valence-electron chi connectivity index (χ0n) is 7.77. The fourth-order valence-corrected chi connectivity index (χ4v) is 2.08. The molecular weight excluding hydrogens is 136 g/mol. The quantitative estimate of drug-likeness (QED) is 0.666. The Balaban J connectivity index is 2.20. The minimum atomic E-state index is -0.335. The maximum absolute atomic E-state index is 9.66. The molecule has 0 saturated heterocycles. The van der Waals surface area contributed by atoms with E-state index >= 15 is 0 Å². The van der Waals surface area contributed by atoms with E-state index in [9.17, 15) is 5.11 Å². The van der Waals surface area contributed by atoms with Crippen LogP contribution in [0, 0.1) is 5.92 Å². The summed E-state index contributed by atoms with van der Waals surface area (Å²) in [5.74, 6) is 0.810. The third kappa shape index (κ3) is 2.82. The summed E-state index contributed by atoms with van der Waals surface area (Å²) < 4.78 is 0. The normalized spacial score (nSPS) is 37.9. The van der Waals surface area contributed by atoms with Gasteiger partial charge in [-0.2, -0.15) is 0 Å². The molecule has 0 bridgehead atoms. The average molecular weight is 156 g/mol. The van der Waals surface area contributed by atoms with Gasteiger partial charge in [0, 0.05) is 0 Å². The van der Waals surface area contributed by atoms with E-state index in [1.54, 1.807) is 0 Å². The molecule has 1 N–H and O–H groups in total. The van der Waals surface area contributed by atoms with Gasteiger partial charge in [-0.05, 0) is 32.1 Å². The molecule has 1 heteroatoms. The van der Waals surface area contributed by atoms with Crippen LogP contribution >= 0.6 is 0 Å². The number of rotatable bonds is 3. The van der Waals surface area contributed by atoms with Crippen molar-refractivity contribution >= 4 is 0 Å². The Morgan fingerprint density at radius 2 is 2.27 bits per heavy atom. The van der Waals surface area contributed by atoms with Crippen LogP contribution in [0.5, 0.6) is 0 Å². The fourth-order valence-electron chi connectivity index (χ4n) is 2.08. The molecular formula is C10H20O. The summed E-state index contributed by atoms with van der Waals surface area (Å²) in [4.78, 5) is 0. The lowest BCUT2D eigenvalue weighted by atomic mass is 9.98. The van der Waals surface area contributed by atoms with Gasteiger partial charge >= 0.3 is 0 Å². The van der Waals surface area contributed by atoms with Crippen molar-refractivity contribution in [2.45, 2.75) is 58.0 Å². The predicted octanol–water partition coefficient (Wildman–Crippen LogP) is 2.73. The SMILES string of the molecule is CCCCC1CCC(C)(O)C1. The van der Waals surface area contributed by atoms with Crippen LogP contribution in [0.15, 0.2) is 0 Å². The van der Waals surface area contributed by atoms with E-state index in [-0.39, 0.29) is 5.60 Å². The van der Waals surface area contributed by atoms with Crippen LogP contribution in [0.4, 0.5) is 0 Å². The van der Waals surface area contributed by atoms with E-state index in [0.29, 0.717) is 0 Å². The molecule has 0 aromatic carbocycles. The second kappa shape index (κ2) is 3.57. The molecule has 0 aromatic heterocycles. The molecule has 1 saturated carbocycles. The zero-order valence-corrected chi connectivity index (χ0v) is 7.77. The lowest BCUT2D eigenvalue weighted by Crippen LogP contribution is -2.18. The molecule has 0 spiro atoms. The third-order valence-corrected chi connectivity index (χ3v) is 2.79. The van der Waals surface area contributed by atoms with Crippen molar-refractivity contribution in [3.63, 3.8) is 0 Å². The Hall–Kier alpha value is -0.0400. The molecule has 1 aliphatic rings. The molecule has 2 unspecified atom stereocenters. The Morgan fingerprint density at radius 1 is 1.55 bits per heavy atom. The largest absolute Gasteiger partial charge is 0.390 e. The predicted molar refractivity (Wildman–Crippen MR) is 47.5 cm³/mol. The summed E-state index contributed by atoms with van der Waals surface area (Å²) in [6, 6.07) is 0. The van der Waals surface area contributed by atoms with Gasteiger partial charge in [0.25, 0.3) is 0 Å². The van der Waals surface area contributed by atoms with Gasteiger partial charge in [-0.3, -0.25) is 0 Å². The van der Waals surface area contributed by atoms with Crippen LogP contribution in [0.3, 0.4) is 0 Å². The van der Waals surface area contributed by atoms with Crippen LogP contribution in [0.1, 0.15) is 52.4 Å². The number of hydrogen-bond acceptors (Lipinski definition) is 1. The molecule has 0 radical (unpaired) electrons. The minimum absolute atomic E-state index is 0.335. The van der Waals surface area contributed by atoms with Crippen LogP contribution in [-0.4, -0.2) is 10.7 Å². The summed E-state index contributed by atoms with van der Waals surface area (Å²) in [6.45, 7) is 4.20. The average Bonchev–Trinajstić information content (AvgIpc) is 2.26. The van der Waals surface area contributed by atoms with Gasteiger partial charge in [-0.15, -0.1) is 0 Å². The van der Waals surface area contributed by atoms with Crippen molar-refractivity contribution in [2.24, 2.45) is 5.92 Å². The number of aliphatic hydroxyl groups is 1. The van der Waals surface area contributed by atoms with Crippen molar-refractivity contribution in [3.05, 3.63) is 0 Å². The van der Waals surface area contributed by atoms with Crippen molar-refractivity contribution in [2.75, 3.05) is 0 Å². The van der Waals surface area contributed by atoms with Gasteiger partial charge in [0.15, 0.2) is 0 Å². The monoisotopic (exact) mass is 156 g/mol. The topological polar surface area (TPSA) is 20.2 Å². The van der Waals surface area contributed by atoms with E-state index in [2.05, 4.69) is 6.92 Å². The smallest absolute Gasteiger partial charge is 0.0622 e. The van der Waals surface area contributed by atoms with E-state index < -0.39 is 0 Å². The van der Waals surface area contributed by atoms with Crippen molar-refractivity contribution < 1.29 is 5.11 Å². The standard InChI is InChI=1S/C10H20O/c1-3-4-5-9-6-7-10(2,11)8-9/h9,11H,3-8H2,1-2H3. The molecule has 2 atom stereocenters. The molecule has 0 aromatic rings. The van der Waals surface area contributed by atoms with E-state index in [0.717, 1.165) is 18.8 Å². The first-order valence-electron chi connectivity index (χ1n) is 4.86. The van der Waals surface area contributed by atoms with E-state index in [4.69, 9.17) is 0 Å². The number of hydrogen-bond donors (Lipinski definition) is 1. The van der Waals surface area contributed by atoms with Crippen LogP contribution in [-0.2, 0) is 0 Å². The molecule has 0 heterocycles. The van der Waals surface area contributed by atoms with Gasteiger partial charge in [0.05, 0.1) is 5.60 Å². The number of unbranched alkanes of at least 4 members (excludes halogenated alkanes) is 1. The zero-order chi connectivity index (χ0) is 8.32. The highest BCUT2D eigenvalue weighted by molar-refractivity contribution is 4.84. The van der Waals surface area contributed by atoms with Crippen molar-refractivity contribution in [1.82, 2.24) is 0 Å². The first-order valence-corrected chi connectivity index (χ1v) is 4.86. The summed E-state index contributed by atoms with van der Waals surface area (Å²) in [5.41, 5.74) is -0.335. The molecule has 0 aliphatic heterocycles. The lowest BCUT2D eigenvalue weighted by Gasteiger charge is -2.15. The molecule has 1 aliphatic carbocycles. The summed E-state index contributed by atoms with van der Waals surface area (Å²) in [7, 11) is 0. The molecule has 11 heavy (non-hydrogen) atoms. The highest BCUT2D eigenvalue weighted by Gasteiger charge is 2.31. The minimum Gasteiger partial charge on any atom is -0.390 e. The van der Waals surface area contributed by atoms with Crippen molar-refractivity contribution in [3.8, 4) is 0 Å². The Labute approximate surface area is 69.8 Å². The highest BCUT2D eigenvalue weighted by atomic mass is 16.3. The van der Waals surface area contributed by atoms with Crippen molar-refractivity contribution in [1.29, 1.82) is 0 Å². The molecule has 1 nitrogen and oxygen atoms in total. The summed E-state index contributed by atoms with van der Waals surface area (Å²) in [6.07, 6.45) is 7.24. The fraction of sp³-hybridized carbons (Fsp3) is 1.00.